The molecule has 0 N–H and O–H groups in total. The second-order valence-electron chi connectivity index (χ2n) is 4.32. The van der Waals surface area contributed by atoms with E-state index in [1.165, 1.54) is 0 Å². The Bertz CT molecular complexity index is 553. The van der Waals surface area contributed by atoms with E-state index in [4.69, 9.17) is 0 Å². The first-order valence-electron chi connectivity index (χ1n) is 6.20. The molecule has 0 spiro atoms. The Morgan fingerprint density at radius 1 is 1.39 bits per heavy atom. The molecule has 18 heavy (non-hydrogen) atoms. The molecule has 0 aromatic carbocycles. The highest BCUT2D eigenvalue weighted by Crippen LogP contribution is 2.09. The second kappa shape index (κ2) is 5.16. The van der Waals surface area contributed by atoms with Gasteiger partial charge in [-0.25, -0.2) is 4.98 Å². The van der Waals surface area contributed by atoms with Crippen molar-refractivity contribution >= 4 is 5.78 Å². The van der Waals surface area contributed by atoms with E-state index < -0.39 is 0 Å². The number of nitrogens with zero attached hydrogens (tertiary/aromatic N) is 4. The molecule has 0 saturated heterocycles. The largest absolute Gasteiger partial charge is 0.340 e. The molecule has 0 amide bonds. The van der Waals surface area contributed by atoms with Crippen LogP contribution in [0.15, 0.2) is 18.6 Å². The monoisotopic (exact) mass is 246 g/mol. The third kappa shape index (κ3) is 2.50. The zero-order valence-corrected chi connectivity index (χ0v) is 11.1. The van der Waals surface area contributed by atoms with Crippen LogP contribution >= 0.6 is 0 Å². The van der Waals surface area contributed by atoms with Crippen molar-refractivity contribution in [3.8, 4) is 0 Å². The number of carbonyl (C=O) groups is 1. The van der Waals surface area contributed by atoms with Crippen molar-refractivity contribution in [3.05, 3.63) is 35.7 Å². The Balaban J connectivity index is 2.18. The highest BCUT2D eigenvalue weighted by atomic mass is 16.1. The van der Waals surface area contributed by atoms with Gasteiger partial charge >= 0.3 is 0 Å². The fraction of sp³-hybridized carbons (Fsp3) is 0.462. The SMILES string of the molecule is CCc1cc(CC(=O)c2cn(C)cn2)n(CC)n1. The molecule has 0 saturated carbocycles. The van der Waals surface area contributed by atoms with Crippen molar-refractivity contribution in [1.82, 2.24) is 19.3 Å². The first kappa shape index (κ1) is 12.5. The predicted octanol–water partition coefficient (Wildman–Crippen LogP) is 1.62. The van der Waals surface area contributed by atoms with Gasteiger partial charge in [-0.1, -0.05) is 6.92 Å². The van der Waals surface area contributed by atoms with Crippen LogP contribution in [-0.4, -0.2) is 25.1 Å². The number of ketones is 1. The maximum Gasteiger partial charge on any atom is 0.188 e. The third-order valence-corrected chi connectivity index (χ3v) is 2.91. The molecule has 2 aromatic rings. The van der Waals surface area contributed by atoms with Gasteiger partial charge < -0.3 is 4.57 Å². The summed E-state index contributed by atoms with van der Waals surface area (Å²) in [5.74, 6) is 0.0350. The van der Waals surface area contributed by atoms with E-state index in [9.17, 15) is 4.79 Å². The number of carbonyl (C=O) groups excluding carboxylic acids is 1. The van der Waals surface area contributed by atoms with Gasteiger partial charge in [-0.3, -0.25) is 9.48 Å². The number of aromatic nitrogens is 4. The highest BCUT2D eigenvalue weighted by molar-refractivity contribution is 5.95. The van der Waals surface area contributed by atoms with E-state index in [-0.39, 0.29) is 5.78 Å². The van der Waals surface area contributed by atoms with Gasteiger partial charge in [0.05, 0.1) is 18.4 Å². The predicted molar refractivity (Wildman–Crippen MR) is 68.5 cm³/mol. The number of aryl methyl sites for hydroxylation is 3. The lowest BCUT2D eigenvalue weighted by Gasteiger charge is -2.02. The van der Waals surface area contributed by atoms with Crippen LogP contribution in [0.1, 0.15) is 35.7 Å². The first-order chi connectivity index (χ1) is 8.63. The molecule has 0 bridgehead atoms. The van der Waals surface area contributed by atoms with Gasteiger partial charge in [-0.05, 0) is 19.4 Å². The molecule has 0 unspecified atom stereocenters. The molecule has 5 nitrogen and oxygen atoms in total. The lowest BCUT2D eigenvalue weighted by molar-refractivity contribution is 0.0986. The molecule has 5 heteroatoms. The van der Waals surface area contributed by atoms with Gasteiger partial charge in [-0.15, -0.1) is 0 Å². The minimum absolute atomic E-state index is 0.0350. The third-order valence-electron chi connectivity index (χ3n) is 2.91. The second-order valence-corrected chi connectivity index (χ2v) is 4.32. The van der Waals surface area contributed by atoms with Gasteiger partial charge in [-0.2, -0.15) is 5.10 Å². The number of hydrogen-bond donors (Lipinski definition) is 0. The molecule has 0 aliphatic carbocycles. The summed E-state index contributed by atoms with van der Waals surface area (Å²) < 4.78 is 3.67. The van der Waals surface area contributed by atoms with Gasteiger partial charge in [0.1, 0.15) is 5.69 Å². The Kier molecular flexibility index (Phi) is 3.60. The van der Waals surface area contributed by atoms with Crippen molar-refractivity contribution in [1.29, 1.82) is 0 Å². The summed E-state index contributed by atoms with van der Waals surface area (Å²) >= 11 is 0. The van der Waals surface area contributed by atoms with Crippen molar-refractivity contribution < 1.29 is 4.79 Å². The van der Waals surface area contributed by atoms with E-state index in [2.05, 4.69) is 17.0 Å². The smallest absolute Gasteiger partial charge is 0.188 e. The topological polar surface area (TPSA) is 52.7 Å². The number of rotatable bonds is 5. The van der Waals surface area contributed by atoms with Crippen molar-refractivity contribution in [2.75, 3.05) is 0 Å². The molecule has 2 heterocycles. The molecule has 0 aliphatic rings. The summed E-state index contributed by atoms with van der Waals surface area (Å²) in [7, 11) is 1.86. The molecule has 0 aliphatic heterocycles. The maximum absolute atomic E-state index is 12.1. The fourth-order valence-electron chi connectivity index (χ4n) is 1.92. The molecule has 2 rings (SSSR count). The molecule has 96 valence electrons. The van der Waals surface area contributed by atoms with Gasteiger partial charge in [0.2, 0.25) is 0 Å². The molecule has 0 fully saturated rings. The highest BCUT2D eigenvalue weighted by Gasteiger charge is 2.14. The zero-order valence-electron chi connectivity index (χ0n) is 11.1. The number of Topliss-reactive ketones (excluding diaryl/α,β-unsaturated/α-hetero) is 1. The molecule has 0 atom stereocenters. The quantitative estimate of drug-likeness (QED) is 0.753. The van der Waals surface area contributed by atoms with Crippen molar-refractivity contribution in [2.24, 2.45) is 7.05 Å². The van der Waals surface area contributed by atoms with E-state index in [0.717, 1.165) is 24.4 Å². The molecular formula is C13H18N4O. The normalized spacial score (nSPS) is 10.8. The van der Waals surface area contributed by atoms with Crippen LogP contribution in [0.2, 0.25) is 0 Å². The summed E-state index contributed by atoms with van der Waals surface area (Å²) in [6.45, 7) is 4.87. The van der Waals surface area contributed by atoms with Crippen molar-refractivity contribution in [2.45, 2.75) is 33.2 Å². The van der Waals surface area contributed by atoms with E-state index >= 15 is 0 Å². The molecule has 2 aromatic heterocycles. The number of imidazole rings is 1. The zero-order chi connectivity index (χ0) is 13.1. The van der Waals surface area contributed by atoms with Crippen molar-refractivity contribution in [3.63, 3.8) is 0 Å². The van der Waals surface area contributed by atoms with Gasteiger partial charge in [0.15, 0.2) is 5.78 Å². The average molecular weight is 246 g/mol. The van der Waals surface area contributed by atoms with Crippen LogP contribution in [0, 0.1) is 0 Å². The van der Waals surface area contributed by atoms with Crippen LogP contribution in [0.3, 0.4) is 0 Å². The van der Waals surface area contributed by atoms with E-state index in [1.807, 2.05) is 24.7 Å². The van der Waals surface area contributed by atoms with Crippen LogP contribution in [0.25, 0.3) is 0 Å². The minimum atomic E-state index is 0.0350. The van der Waals surface area contributed by atoms with E-state index in [0.29, 0.717) is 12.1 Å². The summed E-state index contributed by atoms with van der Waals surface area (Å²) in [4.78, 5) is 16.2. The van der Waals surface area contributed by atoms with Crippen LogP contribution < -0.4 is 0 Å². The van der Waals surface area contributed by atoms with Crippen LogP contribution in [0.4, 0.5) is 0 Å². The van der Waals surface area contributed by atoms with Gasteiger partial charge in [0.25, 0.3) is 0 Å². The minimum Gasteiger partial charge on any atom is -0.340 e. The van der Waals surface area contributed by atoms with Gasteiger partial charge in [0, 0.05) is 25.5 Å². The van der Waals surface area contributed by atoms with Crippen LogP contribution in [0.5, 0.6) is 0 Å². The summed E-state index contributed by atoms with van der Waals surface area (Å²) in [6, 6.07) is 2.00. The Morgan fingerprint density at radius 2 is 2.17 bits per heavy atom. The summed E-state index contributed by atoms with van der Waals surface area (Å²) in [5.41, 5.74) is 2.50. The number of hydrogen-bond acceptors (Lipinski definition) is 3. The standard InChI is InChI=1S/C13H18N4O/c1-4-10-6-11(17(5-2)15-10)7-13(18)12-8-16(3)9-14-12/h6,8-9H,4-5,7H2,1-3H3. The Morgan fingerprint density at radius 3 is 2.72 bits per heavy atom. The van der Waals surface area contributed by atoms with E-state index in [1.54, 1.807) is 17.1 Å². The average Bonchev–Trinajstić information content (AvgIpc) is 2.95. The fourth-order valence-corrected chi connectivity index (χ4v) is 1.92. The molecular weight excluding hydrogens is 228 g/mol. The van der Waals surface area contributed by atoms with Crippen LogP contribution in [-0.2, 0) is 26.4 Å². The maximum atomic E-state index is 12.1. The summed E-state index contributed by atoms with van der Waals surface area (Å²) in [6.07, 6.45) is 4.63. The lowest BCUT2D eigenvalue weighted by Crippen LogP contribution is -2.10. The lowest BCUT2D eigenvalue weighted by atomic mass is 10.1. The summed E-state index contributed by atoms with van der Waals surface area (Å²) in [5, 5.41) is 4.44. The molecule has 0 radical (unpaired) electrons. The Hall–Kier alpha value is -1.91. The first-order valence-corrected chi connectivity index (χ1v) is 6.20. The Labute approximate surface area is 106 Å².